The molecule has 0 aliphatic carbocycles. The number of carbonyl (C=O) groups excluding carboxylic acids is 3. The van der Waals surface area contributed by atoms with Gasteiger partial charge in [0.05, 0.1) is 35.9 Å². The maximum absolute atomic E-state index is 12.7. The molecular weight excluding hydrogens is 398 g/mol. The predicted molar refractivity (Wildman–Crippen MR) is 117 cm³/mol. The Morgan fingerprint density at radius 1 is 1.10 bits per heavy atom. The van der Waals surface area contributed by atoms with Gasteiger partial charge in [-0.3, -0.25) is 4.79 Å². The SMILES string of the molecule is COC(=O)c1ccccc1NC(=O)N(C)Cc1nc2cc(C(=O)N(C)C)ccc2n1C. The minimum absolute atomic E-state index is 0.102. The number of anilines is 1. The van der Waals surface area contributed by atoms with Gasteiger partial charge in [-0.1, -0.05) is 12.1 Å². The van der Waals surface area contributed by atoms with Crippen LogP contribution in [0, 0.1) is 0 Å². The molecule has 3 aromatic rings. The molecule has 1 heterocycles. The van der Waals surface area contributed by atoms with Gasteiger partial charge >= 0.3 is 12.0 Å². The Balaban J connectivity index is 1.79. The number of ether oxygens (including phenoxy) is 1. The number of esters is 1. The van der Waals surface area contributed by atoms with Gasteiger partial charge < -0.3 is 24.4 Å². The van der Waals surface area contributed by atoms with Crippen molar-refractivity contribution in [3.8, 4) is 0 Å². The first-order chi connectivity index (χ1) is 14.7. The van der Waals surface area contributed by atoms with Gasteiger partial charge in [0, 0.05) is 33.8 Å². The number of nitrogens with zero attached hydrogens (tertiary/aromatic N) is 4. The first-order valence-electron chi connectivity index (χ1n) is 9.59. The minimum Gasteiger partial charge on any atom is -0.465 e. The average Bonchev–Trinajstić information content (AvgIpc) is 3.07. The smallest absolute Gasteiger partial charge is 0.339 e. The molecule has 162 valence electrons. The fourth-order valence-corrected chi connectivity index (χ4v) is 3.16. The van der Waals surface area contributed by atoms with E-state index in [-0.39, 0.29) is 18.0 Å². The van der Waals surface area contributed by atoms with Crippen LogP contribution >= 0.6 is 0 Å². The molecule has 0 spiro atoms. The molecule has 2 aromatic carbocycles. The lowest BCUT2D eigenvalue weighted by molar-refractivity contribution is 0.0601. The van der Waals surface area contributed by atoms with Crippen molar-refractivity contribution in [3.05, 3.63) is 59.4 Å². The summed E-state index contributed by atoms with van der Waals surface area (Å²) in [5.41, 5.74) is 2.72. The summed E-state index contributed by atoms with van der Waals surface area (Å²) < 4.78 is 6.64. The van der Waals surface area contributed by atoms with Gasteiger partial charge in [-0.15, -0.1) is 0 Å². The summed E-state index contributed by atoms with van der Waals surface area (Å²) in [5.74, 6) is 0.0233. The van der Waals surface area contributed by atoms with E-state index in [4.69, 9.17) is 4.74 Å². The maximum Gasteiger partial charge on any atom is 0.339 e. The molecule has 0 unspecified atom stereocenters. The Morgan fingerprint density at radius 2 is 1.81 bits per heavy atom. The highest BCUT2D eigenvalue weighted by Gasteiger charge is 2.18. The predicted octanol–water partition coefficient (Wildman–Crippen LogP) is 2.73. The van der Waals surface area contributed by atoms with Crippen LogP contribution < -0.4 is 5.32 Å². The summed E-state index contributed by atoms with van der Waals surface area (Å²) in [7, 11) is 8.17. The van der Waals surface area contributed by atoms with Crippen molar-refractivity contribution in [1.29, 1.82) is 0 Å². The van der Waals surface area contributed by atoms with E-state index in [9.17, 15) is 14.4 Å². The molecular formula is C22H25N5O4. The number of urea groups is 1. The molecule has 1 aromatic heterocycles. The number of aromatic nitrogens is 2. The van der Waals surface area contributed by atoms with Crippen molar-refractivity contribution >= 4 is 34.6 Å². The third-order valence-corrected chi connectivity index (χ3v) is 4.93. The van der Waals surface area contributed by atoms with Crippen LogP contribution in [0.5, 0.6) is 0 Å². The number of benzene rings is 2. The number of aryl methyl sites for hydroxylation is 1. The van der Waals surface area contributed by atoms with Crippen LogP contribution in [0.4, 0.5) is 10.5 Å². The zero-order valence-electron chi connectivity index (χ0n) is 18.2. The number of fused-ring (bicyclic) bond motifs is 1. The van der Waals surface area contributed by atoms with E-state index in [1.165, 1.54) is 16.9 Å². The highest BCUT2D eigenvalue weighted by atomic mass is 16.5. The minimum atomic E-state index is -0.531. The van der Waals surface area contributed by atoms with Crippen molar-refractivity contribution in [1.82, 2.24) is 19.4 Å². The fraction of sp³-hybridized carbons (Fsp3) is 0.273. The molecule has 0 bridgehead atoms. The van der Waals surface area contributed by atoms with Gasteiger partial charge in [0.2, 0.25) is 0 Å². The van der Waals surface area contributed by atoms with Crippen LogP contribution in [0.15, 0.2) is 42.5 Å². The third-order valence-electron chi connectivity index (χ3n) is 4.93. The summed E-state index contributed by atoms with van der Waals surface area (Å²) in [6.45, 7) is 0.231. The van der Waals surface area contributed by atoms with E-state index >= 15 is 0 Å². The lowest BCUT2D eigenvalue weighted by atomic mass is 10.2. The van der Waals surface area contributed by atoms with Gasteiger partial charge in [-0.25, -0.2) is 14.6 Å². The summed E-state index contributed by atoms with van der Waals surface area (Å²) in [5, 5.41) is 2.73. The molecule has 0 aliphatic rings. The number of hydrogen-bond acceptors (Lipinski definition) is 5. The normalized spacial score (nSPS) is 10.6. The number of nitrogens with one attached hydrogen (secondary N) is 1. The Kier molecular flexibility index (Phi) is 6.24. The second-order valence-corrected chi connectivity index (χ2v) is 7.31. The zero-order valence-corrected chi connectivity index (χ0v) is 18.2. The summed E-state index contributed by atoms with van der Waals surface area (Å²) >= 11 is 0. The van der Waals surface area contributed by atoms with Crippen LogP contribution in [0.25, 0.3) is 11.0 Å². The lowest BCUT2D eigenvalue weighted by Crippen LogP contribution is -2.32. The van der Waals surface area contributed by atoms with Gasteiger partial charge in [0.1, 0.15) is 5.82 Å². The van der Waals surface area contributed by atoms with E-state index < -0.39 is 12.0 Å². The summed E-state index contributed by atoms with van der Waals surface area (Å²) in [6, 6.07) is 11.6. The number of para-hydroxylation sites is 1. The highest BCUT2D eigenvalue weighted by Crippen LogP contribution is 2.20. The average molecular weight is 423 g/mol. The van der Waals surface area contributed by atoms with Gasteiger partial charge in [-0.2, -0.15) is 0 Å². The second-order valence-electron chi connectivity index (χ2n) is 7.31. The van der Waals surface area contributed by atoms with Crippen molar-refractivity contribution in [2.45, 2.75) is 6.54 Å². The first-order valence-corrected chi connectivity index (χ1v) is 9.59. The molecule has 3 amide bonds. The molecule has 9 nitrogen and oxygen atoms in total. The van der Waals surface area contributed by atoms with Gasteiger partial charge in [0.25, 0.3) is 5.91 Å². The molecule has 0 fully saturated rings. The Hall–Kier alpha value is -3.88. The summed E-state index contributed by atoms with van der Waals surface area (Å²) in [4.78, 5) is 44.4. The monoisotopic (exact) mass is 423 g/mol. The number of imidazole rings is 1. The van der Waals surface area contributed by atoms with E-state index in [2.05, 4.69) is 10.3 Å². The molecule has 3 rings (SSSR count). The topological polar surface area (TPSA) is 96.8 Å². The van der Waals surface area contributed by atoms with E-state index in [0.717, 1.165) is 5.52 Å². The van der Waals surface area contributed by atoms with E-state index in [0.29, 0.717) is 22.6 Å². The highest BCUT2D eigenvalue weighted by molar-refractivity contribution is 6.00. The third kappa shape index (κ3) is 4.50. The molecule has 0 saturated carbocycles. The number of rotatable bonds is 5. The largest absolute Gasteiger partial charge is 0.465 e. The molecule has 1 N–H and O–H groups in total. The Morgan fingerprint density at radius 3 is 2.48 bits per heavy atom. The van der Waals surface area contributed by atoms with Crippen LogP contribution in [-0.4, -0.2) is 65.5 Å². The molecule has 9 heteroatoms. The van der Waals surface area contributed by atoms with Crippen molar-refractivity contribution in [2.75, 3.05) is 33.6 Å². The first kappa shape index (κ1) is 21.8. The molecule has 0 saturated heterocycles. The van der Waals surface area contributed by atoms with Crippen molar-refractivity contribution in [2.24, 2.45) is 7.05 Å². The summed E-state index contributed by atoms with van der Waals surface area (Å²) in [6.07, 6.45) is 0. The van der Waals surface area contributed by atoms with Crippen LogP contribution in [-0.2, 0) is 18.3 Å². The van der Waals surface area contributed by atoms with E-state index in [1.54, 1.807) is 57.5 Å². The number of amides is 3. The lowest BCUT2D eigenvalue weighted by Gasteiger charge is -2.18. The number of carbonyl (C=O) groups is 3. The maximum atomic E-state index is 12.7. The Bertz CT molecular complexity index is 1150. The second kappa shape index (κ2) is 8.86. The standard InChI is InChI=1S/C22H25N5O4/c1-25(2)20(28)14-10-11-18-17(12-14)23-19(27(18)4)13-26(3)22(30)24-16-9-7-6-8-15(16)21(29)31-5/h6-12H,13H2,1-5H3,(H,24,30). The molecule has 0 aliphatic heterocycles. The van der Waals surface area contributed by atoms with E-state index in [1.807, 2.05) is 17.7 Å². The zero-order chi connectivity index (χ0) is 22.7. The Labute approximate surface area is 180 Å². The van der Waals surface area contributed by atoms with Crippen LogP contribution in [0.3, 0.4) is 0 Å². The number of methoxy groups -OCH3 is 1. The molecule has 0 radical (unpaired) electrons. The van der Waals surface area contributed by atoms with Gasteiger partial charge in [0.15, 0.2) is 0 Å². The quantitative estimate of drug-likeness (QED) is 0.637. The number of hydrogen-bond donors (Lipinski definition) is 1. The fourth-order valence-electron chi connectivity index (χ4n) is 3.16. The van der Waals surface area contributed by atoms with Crippen LogP contribution in [0.2, 0.25) is 0 Å². The van der Waals surface area contributed by atoms with Gasteiger partial charge in [-0.05, 0) is 30.3 Å². The molecule has 0 atom stereocenters. The van der Waals surface area contributed by atoms with Crippen molar-refractivity contribution < 1.29 is 19.1 Å². The van der Waals surface area contributed by atoms with Crippen molar-refractivity contribution in [3.63, 3.8) is 0 Å². The van der Waals surface area contributed by atoms with Crippen LogP contribution in [0.1, 0.15) is 26.5 Å². The molecule has 31 heavy (non-hydrogen) atoms.